The number of amides is 5. The lowest BCUT2D eigenvalue weighted by molar-refractivity contribution is -0.136. The van der Waals surface area contributed by atoms with Crippen LogP contribution in [0.1, 0.15) is 67.2 Å². The minimum Gasteiger partial charge on any atom is -0.360 e. The van der Waals surface area contributed by atoms with Crippen molar-refractivity contribution in [3.63, 3.8) is 0 Å². The number of nitrogens with one attached hydrogen (secondary N) is 4. The first-order valence-electron chi connectivity index (χ1n) is 19.0. The summed E-state index contributed by atoms with van der Waals surface area (Å²) in [5.74, 6) is 4.68. The normalized spacial score (nSPS) is 15.0. The van der Waals surface area contributed by atoms with E-state index in [2.05, 4.69) is 60.9 Å². The van der Waals surface area contributed by atoms with Gasteiger partial charge in [-0.05, 0) is 90.6 Å². The Morgan fingerprint density at radius 2 is 1.76 bits per heavy atom. The molecule has 0 bridgehead atoms. The minimum absolute atomic E-state index is 0.152. The summed E-state index contributed by atoms with van der Waals surface area (Å²) in [4.78, 5) is 78.9. The average Bonchev–Trinajstić information content (AvgIpc) is 3.81. The Bertz CT molecular complexity index is 2730. The number of imide groups is 1. The number of fused-ring (bicyclic) bond motifs is 3. The second-order valence-electron chi connectivity index (χ2n) is 14.6. The van der Waals surface area contributed by atoms with Crippen molar-refractivity contribution >= 4 is 51.2 Å². The molecule has 1 fully saturated rings. The van der Waals surface area contributed by atoms with Gasteiger partial charge in [0.05, 0.1) is 16.8 Å². The van der Waals surface area contributed by atoms with Crippen LogP contribution in [0.15, 0.2) is 85.3 Å². The number of hydrogen-bond donors (Lipinski definition) is 4. The first kappa shape index (κ1) is 37.7. The van der Waals surface area contributed by atoms with E-state index in [9.17, 15) is 24.0 Å². The molecule has 5 heterocycles. The highest BCUT2D eigenvalue weighted by Gasteiger charge is 2.39. The van der Waals surface area contributed by atoms with Gasteiger partial charge in [0.15, 0.2) is 0 Å². The van der Waals surface area contributed by atoms with Gasteiger partial charge in [-0.1, -0.05) is 36.1 Å². The maximum absolute atomic E-state index is 13.1. The van der Waals surface area contributed by atoms with Gasteiger partial charge in [-0.25, -0.2) is 0 Å². The van der Waals surface area contributed by atoms with Gasteiger partial charge in [0.25, 0.3) is 17.7 Å². The predicted molar refractivity (Wildman–Crippen MR) is 219 cm³/mol. The van der Waals surface area contributed by atoms with Crippen LogP contribution < -0.4 is 16.0 Å². The lowest BCUT2D eigenvalue weighted by atomic mass is 9.95. The second-order valence-corrected chi connectivity index (χ2v) is 14.6. The number of hydrogen-bond acceptors (Lipinski definition) is 8. The number of rotatable bonds is 9. The van der Waals surface area contributed by atoms with Crippen LogP contribution >= 0.6 is 0 Å². The zero-order chi connectivity index (χ0) is 40.5. The lowest BCUT2D eigenvalue weighted by Crippen LogP contribution is -2.52. The van der Waals surface area contributed by atoms with Crippen LogP contribution in [0.2, 0.25) is 0 Å². The van der Waals surface area contributed by atoms with Crippen molar-refractivity contribution in [1.82, 2.24) is 40.7 Å². The third-order valence-electron chi connectivity index (χ3n) is 10.5. The molecule has 6 aromatic rings. The summed E-state index contributed by atoms with van der Waals surface area (Å²) >= 11 is 0. The Morgan fingerprint density at radius 1 is 0.931 bits per heavy atom. The molecule has 0 radical (unpaired) electrons. The number of piperidine rings is 1. The van der Waals surface area contributed by atoms with Crippen LogP contribution in [0.5, 0.6) is 0 Å². The smallest absolute Gasteiger partial charge is 0.269 e. The molecule has 1 unspecified atom stereocenters. The highest BCUT2D eigenvalue weighted by molar-refractivity contribution is 6.09. The van der Waals surface area contributed by atoms with Gasteiger partial charge >= 0.3 is 0 Å². The quantitative estimate of drug-likeness (QED) is 0.0924. The van der Waals surface area contributed by atoms with Crippen LogP contribution in [0.25, 0.3) is 44.1 Å². The molecule has 5 amide bonds. The number of aromatic amines is 1. The molecule has 0 aliphatic carbocycles. The van der Waals surface area contributed by atoms with Gasteiger partial charge < -0.3 is 25.4 Å². The molecule has 13 heteroatoms. The fraction of sp³-hybridized carbons (Fsp3) is 0.222. The van der Waals surface area contributed by atoms with Crippen molar-refractivity contribution < 1.29 is 24.0 Å². The molecule has 3 aromatic carbocycles. The monoisotopic (exact) mass is 772 g/mol. The molecular formula is C45H40N8O5. The van der Waals surface area contributed by atoms with E-state index in [0.29, 0.717) is 48.3 Å². The lowest BCUT2D eigenvalue weighted by Gasteiger charge is -2.29. The fourth-order valence-corrected chi connectivity index (χ4v) is 7.70. The van der Waals surface area contributed by atoms with Crippen molar-refractivity contribution in [3.05, 3.63) is 119 Å². The van der Waals surface area contributed by atoms with E-state index < -0.39 is 11.9 Å². The SMILES string of the molecule is CNC(=O)c1c[nH]c2c(CN(C)C)cc(-c3cccc4cc(-c5ccc(C(=O)NCCC#Cc6cccc7c6CN(C6CCC(=O)NC6=O)C7=O)nc5)ncc34)cc12. The van der Waals surface area contributed by atoms with Gasteiger partial charge in [-0.2, -0.15) is 0 Å². The van der Waals surface area contributed by atoms with Crippen LogP contribution in [-0.4, -0.2) is 88.0 Å². The van der Waals surface area contributed by atoms with E-state index in [-0.39, 0.29) is 42.3 Å². The van der Waals surface area contributed by atoms with Crippen molar-refractivity contribution in [2.75, 3.05) is 27.7 Å². The number of nitrogens with zero attached hydrogens (tertiary/aromatic N) is 4. The molecular weight excluding hydrogens is 733 g/mol. The van der Waals surface area contributed by atoms with Crippen LogP contribution in [-0.2, 0) is 22.7 Å². The molecule has 13 nitrogen and oxygen atoms in total. The third-order valence-corrected chi connectivity index (χ3v) is 10.5. The topological polar surface area (TPSA) is 169 Å². The maximum atomic E-state index is 13.1. The van der Waals surface area contributed by atoms with E-state index in [1.54, 1.807) is 37.6 Å². The van der Waals surface area contributed by atoms with Crippen molar-refractivity contribution in [3.8, 4) is 34.2 Å². The molecule has 58 heavy (non-hydrogen) atoms. The van der Waals surface area contributed by atoms with Crippen LogP contribution in [0.4, 0.5) is 0 Å². The fourth-order valence-electron chi connectivity index (χ4n) is 7.70. The largest absolute Gasteiger partial charge is 0.360 e. The van der Waals surface area contributed by atoms with Crippen LogP contribution in [0, 0.1) is 11.8 Å². The number of aromatic nitrogens is 3. The molecule has 0 spiro atoms. The molecule has 290 valence electrons. The van der Waals surface area contributed by atoms with Gasteiger partial charge in [-0.15, -0.1) is 0 Å². The molecule has 1 atom stereocenters. The third kappa shape index (κ3) is 7.29. The summed E-state index contributed by atoms with van der Waals surface area (Å²) in [5.41, 5.74) is 8.25. The first-order valence-corrected chi connectivity index (χ1v) is 19.0. The van der Waals surface area contributed by atoms with Crippen molar-refractivity contribution in [1.29, 1.82) is 0 Å². The summed E-state index contributed by atoms with van der Waals surface area (Å²) in [6.45, 7) is 1.22. The highest BCUT2D eigenvalue weighted by atomic mass is 16.2. The number of pyridine rings is 2. The van der Waals surface area contributed by atoms with Crippen molar-refractivity contribution in [2.24, 2.45) is 0 Å². The Morgan fingerprint density at radius 3 is 2.53 bits per heavy atom. The van der Waals surface area contributed by atoms with E-state index >= 15 is 0 Å². The molecule has 2 aliphatic heterocycles. The minimum atomic E-state index is -0.694. The van der Waals surface area contributed by atoms with Gasteiger partial charge in [0, 0.05) is 85.6 Å². The Labute approximate surface area is 334 Å². The molecule has 4 N–H and O–H groups in total. The average molecular weight is 773 g/mol. The summed E-state index contributed by atoms with van der Waals surface area (Å²) in [7, 11) is 5.66. The van der Waals surface area contributed by atoms with E-state index in [1.807, 2.05) is 50.6 Å². The van der Waals surface area contributed by atoms with Gasteiger partial charge in [0.1, 0.15) is 11.7 Å². The summed E-state index contributed by atoms with van der Waals surface area (Å²) in [5, 5.41) is 10.7. The van der Waals surface area contributed by atoms with Gasteiger partial charge in [0.2, 0.25) is 11.8 Å². The zero-order valence-corrected chi connectivity index (χ0v) is 32.2. The summed E-state index contributed by atoms with van der Waals surface area (Å²) in [6, 6.07) is 20.4. The number of carbonyl (C=O) groups is 5. The van der Waals surface area contributed by atoms with Crippen LogP contribution in [0.3, 0.4) is 0 Å². The maximum Gasteiger partial charge on any atom is 0.269 e. The van der Waals surface area contributed by atoms with Crippen molar-refractivity contribution in [2.45, 2.75) is 38.4 Å². The molecule has 8 rings (SSSR count). The van der Waals surface area contributed by atoms with E-state index in [4.69, 9.17) is 4.98 Å². The van der Waals surface area contributed by atoms with E-state index in [1.165, 1.54) is 4.90 Å². The number of H-pyrrole nitrogens is 1. The Kier molecular flexibility index (Phi) is 10.3. The summed E-state index contributed by atoms with van der Waals surface area (Å²) < 4.78 is 0. The zero-order valence-electron chi connectivity index (χ0n) is 32.2. The molecule has 1 saturated heterocycles. The Balaban J connectivity index is 0.929. The second kappa shape index (κ2) is 15.8. The highest BCUT2D eigenvalue weighted by Crippen LogP contribution is 2.35. The molecule has 2 aliphatic rings. The molecule has 3 aromatic heterocycles. The number of benzene rings is 3. The predicted octanol–water partition coefficient (Wildman–Crippen LogP) is 4.80. The summed E-state index contributed by atoms with van der Waals surface area (Å²) in [6.07, 6.45) is 6.09. The molecule has 0 saturated carbocycles. The number of carbonyl (C=O) groups excluding carboxylic acids is 5. The Hall–Kier alpha value is -7.17. The standard InChI is InChI=1S/C45H40N8O5/c1-46-42(55)35-23-50-41-30(24-52(2)3)18-29(19-33(35)41)31-11-7-10-27-20-38(49-22-34(27)31)28-13-14-37(48-21-28)43(56)47-17-5-4-8-26-9-6-12-32-36(26)25-53(45(32)58)39-15-16-40(54)51-44(39)57/h6-7,9-14,18-23,39,50H,5,15-17,24-25H2,1-3H3,(H,46,55)(H,47,56)(H,51,54,57). The van der Waals surface area contributed by atoms with E-state index in [0.717, 1.165) is 49.5 Å². The van der Waals surface area contributed by atoms with Gasteiger partial charge in [-0.3, -0.25) is 39.3 Å². The first-order chi connectivity index (χ1) is 28.1.